The summed E-state index contributed by atoms with van der Waals surface area (Å²) in [6, 6.07) is 2.40. The molecule has 8 heteroatoms. The molecule has 1 aromatic rings. The lowest BCUT2D eigenvalue weighted by atomic mass is 10.1. The number of carbonyl (C=O) groups is 1. The van der Waals surface area contributed by atoms with E-state index < -0.39 is 17.8 Å². The smallest absolute Gasteiger partial charge is 0.328 e. The van der Waals surface area contributed by atoms with E-state index in [9.17, 15) is 14.3 Å². The maximum absolute atomic E-state index is 12.8. The molecule has 0 saturated heterocycles. The number of aliphatic imine (C=N–C) groups is 2. The number of phenolic OH excluding ortho intramolecular Hbond substituents is 1. The molecule has 0 spiro atoms. The van der Waals surface area contributed by atoms with Gasteiger partial charge < -0.3 is 21.7 Å². The van der Waals surface area contributed by atoms with Crippen molar-refractivity contribution in [2.75, 3.05) is 6.54 Å². The molecule has 0 aliphatic rings. The summed E-state index contributed by atoms with van der Waals surface area (Å²) in [6.45, 7) is 0.309. The van der Waals surface area contributed by atoms with E-state index in [4.69, 9.17) is 16.6 Å². The van der Waals surface area contributed by atoms with E-state index in [2.05, 4.69) is 9.98 Å². The molecular formula is C13H17FN4O3. The second-order valence-electron chi connectivity index (χ2n) is 4.28. The Labute approximate surface area is 120 Å². The summed E-state index contributed by atoms with van der Waals surface area (Å²) in [7, 11) is 0. The zero-order valence-electron chi connectivity index (χ0n) is 11.2. The maximum Gasteiger partial charge on any atom is 0.328 e. The zero-order valence-corrected chi connectivity index (χ0v) is 11.2. The van der Waals surface area contributed by atoms with Gasteiger partial charge >= 0.3 is 5.97 Å². The molecule has 0 radical (unpaired) electrons. The predicted octanol–water partition coefficient (Wildman–Crippen LogP) is 0.457. The number of nitrogens with two attached hydrogens (primary N) is 2. The number of aliphatic carboxylic acids is 1. The molecule has 0 aromatic heterocycles. The monoisotopic (exact) mass is 296 g/mol. The van der Waals surface area contributed by atoms with Crippen LogP contribution in [0.25, 0.3) is 0 Å². The van der Waals surface area contributed by atoms with E-state index in [0.29, 0.717) is 13.0 Å². The molecule has 0 aliphatic carbocycles. The van der Waals surface area contributed by atoms with Crippen molar-refractivity contribution in [3.05, 3.63) is 29.6 Å². The number of rotatable bonds is 7. The fourth-order valence-electron chi connectivity index (χ4n) is 1.55. The van der Waals surface area contributed by atoms with Crippen molar-refractivity contribution in [2.24, 2.45) is 21.5 Å². The molecule has 6 N–H and O–H groups in total. The van der Waals surface area contributed by atoms with E-state index in [1.54, 1.807) is 0 Å². The topological polar surface area (TPSA) is 134 Å². The van der Waals surface area contributed by atoms with Gasteiger partial charge in [-0.25, -0.2) is 9.18 Å². The van der Waals surface area contributed by atoms with Crippen molar-refractivity contribution in [1.82, 2.24) is 0 Å². The van der Waals surface area contributed by atoms with E-state index in [0.717, 1.165) is 12.1 Å². The number of carboxylic acids is 1. The van der Waals surface area contributed by atoms with Gasteiger partial charge in [0.2, 0.25) is 0 Å². The van der Waals surface area contributed by atoms with Crippen LogP contribution in [0.15, 0.2) is 28.2 Å². The Hall–Kier alpha value is -2.64. The van der Waals surface area contributed by atoms with Crippen molar-refractivity contribution < 1.29 is 19.4 Å². The number of phenols is 1. The Morgan fingerprint density at radius 1 is 1.43 bits per heavy atom. The molecular weight excluding hydrogens is 279 g/mol. The number of benzene rings is 1. The number of hydrogen-bond acceptors (Lipinski definition) is 4. The third-order valence-electron chi connectivity index (χ3n) is 2.60. The van der Waals surface area contributed by atoms with Gasteiger partial charge in [0.15, 0.2) is 5.96 Å². The van der Waals surface area contributed by atoms with Gasteiger partial charge in [-0.3, -0.25) is 9.98 Å². The number of aromatic hydroxyl groups is 1. The van der Waals surface area contributed by atoms with Gasteiger partial charge in [0, 0.05) is 24.4 Å². The highest BCUT2D eigenvalue weighted by molar-refractivity contribution is 5.86. The predicted molar refractivity (Wildman–Crippen MR) is 77.0 cm³/mol. The average Bonchev–Trinajstić information content (AvgIpc) is 2.39. The molecule has 0 heterocycles. The normalized spacial score (nSPS) is 12.2. The van der Waals surface area contributed by atoms with E-state index in [1.165, 1.54) is 12.3 Å². The van der Waals surface area contributed by atoms with Crippen LogP contribution in [-0.4, -0.2) is 40.9 Å². The van der Waals surface area contributed by atoms with Crippen LogP contribution in [0.2, 0.25) is 0 Å². The Kier molecular flexibility index (Phi) is 6.12. The van der Waals surface area contributed by atoms with Crippen molar-refractivity contribution in [3.63, 3.8) is 0 Å². The largest absolute Gasteiger partial charge is 0.507 e. The van der Waals surface area contributed by atoms with Crippen LogP contribution >= 0.6 is 0 Å². The summed E-state index contributed by atoms with van der Waals surface area (Å²) in [5, 5.41) is 18.5. The van der Waals surface area contributed by atoms with Crippen molar-refractivity contribution >= 4 is 18.1 Å². The quantitative estimate of drug-likeness (QED) is 0.329. The molecule has 0 bridgehead atoms. The molecule has 0 fully saturated rings. The van der Waals surface area contributed by atoms with Crippen molar-refractivity contribution in [2.45, 2.75) is 18.9 Å². The van der Waals surface area contributed by atoms with Crippen molar-refractivity contribution in [1.29, 1.82) is 0 Å². The summed E-state index contributed by atoms with van der Waals surface area (Å²) < 4.78 is 12.8. The van der Waals surface area contributed by atoms with Crippen LogP contribution in [0, 0.1) is 5.82 Å². The van der Waals surface area contributed by atoms with Crippen LogP contribution in [0.3, 0.4) is 0 Å². The van der Waals surface area contributed by atoms with E-state index in [1.807, 2.05) is 0 Å². The van der Waals surface area contributed by atoms with Gasteiger partial charge in [0.05, 0.1) is 0 Å². The highest BCUT2D eigenvalue weighted by Gasteiger charge is 2.14. The highest BCUT2D eigenvalue weighted by atomic mass is 19.1. The first kappa shape index (κ1) is 16.4. The minimum Gasteiger partial charge on any atom is -0.507 e. The molecule has 114 valence electrons. The van der Waals surface area contributed by atoms with Crippen molar-refractivity contribution in [3.8, 4) is 5.75 Å². The lowest BCUT2D eigenvalue weighted by Crippen LogP contribution is -2.23. The summed E-state index contributed by atoms with van der Waals surface area (Å²) in [5.74, 6) is -2.04. The number of guanidine groups is 1. The van der Waals surface area contributed by atoms with Gasteiger partial charge in [-0.2, -0.15) is 0 Å². The summed E-state index contributed by atoms with van der Waals surface area (Å²) in [6.07, 6.45) is 1.89. The SMILES string of the molecule is NC(N)=NCCC[C@H](N=Cc1ccc(F)cc1O)C(=O)O. The number of halogens is 1. The molecule has 7 nitrogen and oxygen atoms in total. The number of nitrogens with zero attached hydrogens (tertiary/aromatic N) is 2. The van der Waals surface area contributed by atoms with E-state index >= 15 is 0 Å². The third-order valence-corrected chi connectivity index (χ3v) is 2.60. The molecule has 1 atom stereocenters. The highest BCUT2D eigenvalue weighted by Crippen LogP contribution is 2.16. The molecule has 1 aromatic carbocycles. The van der Waals surface area contributed by atoms with Crippen LogP contribution in [0.1, 0.15) is 18.4 Å². The lowest BCUT2D eigenvalue weighted by molar-refractivity contribution is -0.138. The molecule has 0 amide bonds. The maximum atomic E-state index is 12.8. The molecule has 0 aliphatic heterocycles. The first-order valence-corrected chi connectivity index (χ1v) is 6.20. The number of hydrogen-bond donors (Lipinski definition) is 4. The number of carboxylic acid groups (broad SMARTS) is 1. The van der Waals surface area contributed by atoms with Crippen LogP contribution in [0.4, 0.5) is 4.39 Å². The first-order valence-electron chi connectivity index (χ1n) is 6.20. The van der Waals surface area contributed by atoms with Gasteiger partial charge in [-0.1, -0.05) is 0 Å². The standard InChI is InChI=1S/C13H17FN4O3/c14-9-4-3-8(11(19)6-9)7-18-10(12(20)21)2-1-5-17-13(15)16/h3-4,6-7,10,19H,1-2,5H2,(H,20,21)(H4,15,16,17)/t10-/m0/s1. The zero-order chi connectivity index (χ0) is 15.8. The van der Waals surface area contributed by atoms with Crippen LogP contribution < -0.4 is 11.5 Å². The molecule has 21 heavy (non-hydrogen) atoms. The minimum absolute atomic E-state index is 0.0541. The molecule has 0 saturated carbocycles. The second-order valence-corrected chi connectivity index (χ2v) is 4.28. The Morgan fingerprint density at radius 3 is 2.71 bits per heavy atom. The third kappa shape index (κ3) is 5.89. The first-order chi connectivity index (χ1) is 9.90. The Morgan fingerprint density at radius 2 is 2.14 bits per heavy atom. The van der Waals surface area contributed by atoms with Gasteiger partial charge in [-0.05, 0) is 25.0 Å². The summed E-state index contributed by atoms with van der Waals surface area (Å²) >= 11 is 0. The van der Waals surface area contributed by atoms with Gasteiger partial charge in [-0.15, -0.1) is 0 Å². The molecule has 0 unspecified atom stereocenters. The van der Waals surface area contributed by atoms with Gasteiger partial charge in [0.25, 0.3) is 0 Å². The summed E-state index contributed by atoms with van der Waals surface area (Å²) in [5.41, 5.74) is 10.6. The molecule has 1 rings (SSSR count). The van der Waals surface area contributed by atoms with Crippen LogP contribution in [-0.2, 0) is 4.79 Å². The van der Waals surface area contributed by atoms with E-state index in [-0.39, 0.29) is 23.7 Å². The van der Waals surface area contributed by atoms with Gasteiger partial charge in [0.1, 0.15) is 17.6 Å². The Bertz CT molecular complexity index is 556. The Balaban J connectivity index is 2.67. The minimum atomic E-state index is -1.10. The summed E-state index contributed by atoms with van der Waals surface area (Å²) in [4.78, 5) is 18.7. The average molecular weight is 296 g/mol. The fraction of sp³-hybridized carbons (Fsp3) is 0.308. The second kappa shape index (κ2) is 7.83. The lowest BCUT2D eigenvalue weighted by Gasteiger charge is -2.06. The fourth-order valence-corrected chi connectivity index (χ4v) is 1.55. The van der Waals surface area contributed by atoms with Crippen LogP contribution in [0.5, 0.6) is 5.75 Å².